The van der Waals surface area contributed by atoms with Gasteiger partial charge in [-0.1, -0.05) is 12.1 Å². The van der Waals surface area contributed by atoms with Gasteiger partial charge in [-0.15, -0.1) is 11.3 Å². The second kappa shape index (κ2) is 5.24. The summed E-state index contributed by atoms with van der Waals surface area (Å²) in [7, 11) is 0. The van der Waals surface area contributed by atoms with E-state index in [2.05, 4.69) is 10.3 Å². The Labute approximate surface area is 108 Å². The molecule has 94 valence electrons. The fourth-order valence-electron chi connectivity index (χ4n) is 1.36. The third-order valence-electron chi connectivity index (χ3n) is 2.33. The number of nitrogens with zero attached hydrogens (tertiary/aromatic N) is 1. The minimum absolute atomic E-state index is 0.00459. The minimum Gasteiger partial charge on any atom is -0.323 e. The predicted octanol–water partition coefficient (Wildman–Crippen LogP) is 2.55. The van der Waals surface area contributed by atoms with Gasteiger partial charge in [0.15, 0.2) is 5.13 Å². The molecule has 0 bridgehead atoms. The number of carbonyl (C=O) groups is 1. The van der Waals surface area contributed by atoms with Gasteiger partial charge in [0.05, 0.1) is 11.3 Å². The molecule has 0 saturated heterocycles. The molecule has 18 heavy (non-hydrogen) atoms. The lowest BCUT2D eigenvalue weighted by Crippen LogP contribution is -2.14. The van der Waals surface area contributed by atoms with E-state index in [1.54, 1.807) is 18.4 Å². The van der Waals surface area contributed by atoms with Gasteiger partial charge in [0, 0.05) is 11.4 Å². The van der Waals surface area contributed by atoms with Crippen molar-refractivity contribution in [1.82, 2.24) is 4.98 Å². The fraction of sp³-hybridized carbons (Fsp3) is 0.167. The van der Waals surface area contributed by atoms with Crippen molar-refractivity contribution in [2.75, 3.05) is 5.32 Å². The van der Waals surface area contributed by atoms with Crippen molar-refractivity contribution in [2.24, 2.45) is 5.73 Å². The smallest absolute Gasteiger partial charge is 0.260 e. The van der Waals surface area contributed by atoms with Crippen LogP contribution in [0.25, 0.3) is 0 Å². The molecular weight excluding hydrogens is 253 g/mol. The lowest BCUT2D eigenvalue weighted by molar-refractivity contribution is 0.102. The second-order valence-corrected chi connectivity index (χ2v) is 4.66. The number of hydrogen-bond donors (Lipinski definition) is 2. The Morgan fingerprint density at radius 2 is 2.22 bits per heavy atom. The Hall–Kier alpha value is -1.79. The van der Waals surface area contributed by atoms with E-state index in [0.717, 1.165) is 0 Å². The Balaban J connectivity index is 2.14. The van der Waals surface area contributed by atoms with E-state index in [4.69, 9.17) is 5.73 Å². The molecule has 6 heteroatoms. The van der Waals surface area contributed by atoms with Crippen molar-refractivity contribution in [3.63, 3.8) is 0 Å². The number of carbonyl (C=O) groups excluding carboxylic acids is 1. The summed E-state index contributed by atoms with van der Waals surface area (Å²) < 4.78 is 13.4. The zero-order chi connectivity index (χ0) is 13.1. The number of benzene rings is 1. The van der Waals surface area contributed by atoms with Crippen molar-refractivity contribution < 1.29 is 9.18 Å². The lowest BCUT2D eigenvalue weighted by atomic mass is 10.2. The number of hydrogen-bond acceptors (Lipinski definition) is 4. The van der Waals surface area contributed by atoms with Crippen LogP contribution < -0.4 is 11.1 Å². The third kappa shape index (κ3) is 2.72. The summed E-state index contributed by atoms with van der Waals surface area (Å²) >= 11 is 1.26. The molecule has 1 heterocycles. The summed E-state index contributed by atoms with van der Waals surface area (Å²) in [6.45, 7) is 1.80. The Bertz CT molecular complexity index is 568. The highest BCUT2D eigenvalue weighted by Crippen LogP contribution is 2.20. The van der Waals surface area contributed by atoms with Gasteiger partial charge in [0.1, 0.15) is 5.82 Å². The zero-order valence-corrected chi connectivity index (χ0v) is 10.5. The standard InChI is InChI=1S/C12H12FN3OS/c1-7(14)10-6-18-12(15-10)16-11(17)8-4-2-3-5-9(8)13/h2-7H,14H2,1H3,(H,15,16,17). The molecule has 0 spiro atoms. The first-order valence-corrected chi connectivity index (χ1v) is 6.23. The van der Waals surface area contributed by atoms with Gasteiger partial charge < -0.3 is 5.73 Å². The predicted molar refractivity (Wildman–Crippen MR) is 69.1 cm³/mol. The number of rotatable bonds is 3. The van der Waals surface area contributed by atoms with Crippen LogP contribution in [0.4, 0.5) is 9.52 Å². The molecule has 4 nitrogen and oxygen atoms in total. The van der Waals surface area contributed by atoms with E-state index in [0.29, 0.717) is 10.8 Å². The highest BCUT2D eigenvalue weighted by molar-refractivity contribution is 7.14. The molecule has 2 aromatic rings. The summed E-state index contributed by atoms with van der Waals surface area (Å²) in [6, 6.07) is 5.60. The molecule has 1 aromatic heterocycles. The van der Waals surface area contributed by atoms with Gasteiger partial charge in [0.2, 0.25) is 0 Å². The SMILES string of the molecule is CC(N)c1csc(NC(=O)c2ccccc2F)n1. The molecular formula is C12H12FN3OS. The van der Waals surface area contributed by atoms with Crippen LogP contribution in [0.5, 0.6) is 0 Å². The molecule has 0 aliphatic carbocycles. The summed E-state index contributed by atoms with van der Waals surface area (Å²) in [5, 5.41) is 4.73. The molecule has 3 N–H and O–H groups in total. The first kappa shape index (κ1) is 12.7. The Morgan fingerprint density at radius 3 is 2.83 bits per heavy atom. The van der Waals surface area contributed by atoms with Crippen LogP contribution in [0.1, 0.15) is 29.0 Å². The van der Waals surface area contributed by atoms with Gasteiger partial charge in [-0.2, -0.15) is 0 Å². The fourth-order valence-corrected chi connectivity index (χ4v) is 2.17. The lowest BCUT2D eigenvalue weighted by Gasteiger charge is -2.02. The van der Waals surface area contributed by atoms with Crippen LogP contribution in [-0.2, 0) is 0 Å². The largest absolute Gasteiger partial charge is 0.323 e. The first-order chi connectivity index (χ1) is 8.58. The first-order valence-electron chi connectivity index (χ1n) is 5.35. The van der Waals surface area contributed by atoms with Crippen molar-refractivity contribution >= 4 is 22.4 Å². The van der Waals surface area contributed by atoms with Crippen LogP contribution >= 0.6 is 11.3 Å². The minimum atomic E-state index is -0.557. The van der Waals surface area contributed by atoms with Gasteiger partial charge in [-0.25, -0.2) is 9.37 Å². The number of amides is 1. The van der Waals surface area contributed by atoms with E-state index in [1.165, 1.54) is 29.5 Å². The molecule has 1 aromatic carbocycles. The molecule has 2 rings (SSSR count). The highest BCUT2D eigenvalue weighted by atomic mass is 32.1. The third-order valence-corrected chi connectivity index (χ3v) is 3.10. The van der Waals surface area contributed by atoms with Gasteiger partial charge >= 0.3 is 0 Å². The molecule has 0 aliphatic rings. The number of halogens is 1. The van der Waals surface area contributed by atoms with Crippen molar-refractivity contribution in [3.05, 3.63) is 46.7 Å². The summed E-state index contributed by atoms with van der Waals surface area (Å²) in [5.41, 5.74) is 6.36. The molecule has 0 radical (unpaired) electrons. The van der Waals surface area contributed by atoms with Gasteiger partial charge in [-0.05, 0) is 19.1 Å². The molecule has 1 unspecified atom stereocenters. The van der Waals surface area contributed by atoms with Crippen LogP contribution in [0.2, 0.25) is 0 Å². The van der Waals surface area contributed by atoms with Gasteiger partial charge in [0.25, 0.3) is 5.91 Å². The van der Waals surface area contributed by atoms with E-state index >= 15 is 0 Å². The van der Waals surface area contributed by atoms with E-state index in [-0.39, 0.29) is 11.6 Å². The summed E-state index contributed by atoms with van der Waals surface area (Å²) in [4.78, 5) is 15.9. The molecule has 1 atom stereocenters. The second-order valence-electron chi connectivity index (χ2n) is 3.80. The van der Waals surface area contributed by atoms with Crippen molar-refractivity contribution in [3.8, 4) is 0 Å². The maximum Gasteiger partial charge on any atom is 0.260 e. The van der Waals surface area contributed by atoms with E-state index in [9.17, 15) is 9.18 Å². The topological polar surface area (TPSA) is 68.0 Å². The average Bonchev–Trinajstić information content (AvgIpc) is 2.78. The van der Waals surface area contributed by atoms with Crippen molar-refractivity contribution in [1.29, 1.82) is 0 Å². The number of nitrogens with two attached hydrogens (primary N) is 1. The Morgan fingerprint density at radius 1 is 1.50 bits per heavy atom. The zero-order valence-electron chi connectivity index (χ0n) is 9.68. The summed E-state index contributed by atoms with van der Waals surface area (Å²) in [5.74, 6) is -1.07. The number of nitrogens with one attached hydrogen (secondary N) is 1. The average molecular weight is 265 g/mol. The molecule has 0 saturated carbocycles. The normalized spacial score (nSPS) is 12.2. The maximum absolute atomic E-state index is 13.4. The molecule has 1 amide bonds. The van der Waals surface area contributed by atoms with Crippen LogP contribution in [0.3, 0.4) is 0 Å². The quantitative estimate of drug-likeness (QED) is 0.896. The van der Waals surface area contributed by atoms with E-state index in [1.807, 2.05) is 0 Å². The number of thiazole rings is 1. The van der Waals surface area contributed by atoms with Crippen LogP contribution in [0, 0.1) is 5.82 Å². The molecule has 0 aliphatic heterocycles. The Kier molecular flexibility index (Phi) is 3.69. The highest BCUT2D eigenvalue weighted by Gasteiger charge is 2.13. The maximum atomic E-state index is 13.4. The number of anilines is 1. The van der Waals surface area contributed by atoms with Gasteiger partial charge in [-0.3, -0.25) is 10.1 Å². The molecule has 0 fully saturated rings. The van der Waals surface area contributed by atoms with Crippen molar-refractivity contribution in [2.45, 2.75) is 13.0 Å². The van der Waals surface area contributed by atoms with E-state index < -0.39 is 11.7 Å². The monoisotopic (exact) mass is 265 g/mol. The summed E-state index contributed by atoms with van der Waals surface area (Å²) in [6.07, 6.45) is 0. The number of aromatic nitrogens is 1. The van der Waals surface area contributed by atoms with Crippen LogP contribution in [0.15, 0.2) is 29.6 Å². The van der Waals surface area contributed by atoms with Crippen LogP contribution in [-0.4, -0.2) is 10.9 Å².